The molecule has 1 rings (SSSR count). The predicted molar refractivity (Wildman–Crippen MR) is 39.8 cm³/mol. The number of halogens is 1. The van der Waals surface area contributed by atoms with Crippen molar-refractivity contribution in [2.45, 2.75) is 13.3 Å². The van der Waals surface area contributed by atoms with Crippen LogP contribution in [0.4, 0.5) is 0 Å². The van der Waals surface area contributed by atoms with Crippen LogP contribution in [0.15, 0.2) is 14.3 Å². The van der Waals surface area contributed by atoms with Crippen molar-refractivity contribution in [1.29, 1.82) is 0 Å². The third-order valence-corrected chi connectivity index (χ3v) is 2.15. The van der Waals surface area contributed by atoms with Gasteiger partial charge in [-0.1, -0.05) is 0 Å². The van der Waals surface area contributed by atoms with Crippen LogP contribution in [0.3, 0.4) is 0 Å². The summed E-state index contributed by atoms with van der Waals surface area (Å²) in [5.41, 5.74) is 1.39. The fraction of sp³-hybridized carbons (Fsp3) is 0.400. The van der Waals surface area contributed by atoms with Crippen molar-refractivity contribution >= 4 is 28.8 Å². The first-order valence-electron chi connectivity index (χ1n) is 2.18. The second-order valence-corrected chi connectivity index (χ2v) is 2.61. The van der Waals surface area contributed by atoms with Crippen LogP contribution in [-0.2, 0) is 0 Å². The van der Waals surface area contributed by atoms with Gasteiger partial charge in [0.05, 0.1) is 3.70 Å². The molecule has 0 amide bonds. The van der Waals surface area contributed by atoms with E-state index in [2.05, 4.69) is 34.5 Å². The van der Waals surface area contributed by atoms with E-state index in [1.807, 2.05) is 6.21 Å². The average Bonchev–Trinajstić information content (AvgIpc) is 1.91. The molecule has 0 aromatic carbocycles. The van der Waals surface area contributed by atoms with Crippen LogP contribution in [0.2, 0.25) is 0 Å². The molecular formula is C5H6IN. The maximum absolute atomic E-state index is 4.06. The number of rotatable bonds is 0. The molecule has 1 aliphatic heterocycles. The molecule has 0 N–H and O–H groups in total. The summed E-state index contributed by atoms with van der Waals surface area (Å²) in [6.07, 6.45) is 3.00. The van der Waals surface area contributed by atoms with Crippen molar-refractivity contribution < 1.29 is 0 Å². The molecule has 0 unspecified atom stereocenters. The molecule has 0 bridgehead atoms. The van der Waals surface area contributed by atoms with Crippen LogP contribution in [0.25, 0.3) is 0 Å². The molecule has 0 aromatic rings. The van der Waals surface area contributed by atoms with Crippen LogP contribution < -0.4 is 0 Å². The highest BCUT2D eigenvalue weighted by Gasteiger charge is 1.99. The predicted octanol–water partition coefficient (Wildman–Crippen LogP) is 2.13. The van der Waals surface area contributed by atoms with E-state index in [4.69, 9.17) is 0 Å². The van der Waals surface area contributed by atoms with E-state index in [1.165, 1.54) is 5.57 Å². The molecular weight excluding hydrogens is 201 g/mol. The first-order chi connectivity index (χ1) is 3.30. The Kier molecular flexibility index (Phi) is 1.46. The zero-order chi connectivity index (χ0) is 5.28. The lowest BCUT2D eigenvalue weighted by Gasteiger charge is -1.83. The average molecular weight is 207 g/mol. The van der Waals surface area contributed by atoms with Gasteiger partial charge in [-0.2, -0.15) is 0 Å². The van der Waals surface area contributed by atoms with Gasteiger partial charge >= 0.3 is 0 Å². The molecule has 1 nitrogen and oxygen atoms in total. The van der Waals surface area contributed by atoms with Gasteiger partial charge in [0.2, 0.25) is 0 Å². The summed E-state index contributed by atoms with van der Waals surface area (Å²) in [7, 11) is 0. The molecule has 1 heterocycles. The highest BCUT2D eigenvalue weighted by Crippen LogP contribution is 2.20. The van der Waals surface area contributed by atoms with Gasteiger partial charge in [-0.25, -0.2) is 0 Å². The Hall–Kier alpha value is 0.140. The maximum Gasteiger partial charge on any atom is 0.0998 e. The van der Waals surface area contributed by atoms with Crippen molar-refractivity contribution in [3.8, 4) is 0 Å². The first-order valence-corrected chi connectivity index (χ1v) is 3.26. The smallest absolute Gasteiger partial charge is 0.0998 e. The molecule has 0 saturated heterocycles. The van der Waals surface area contributed by atoms with E-state index in [9.17, 15) is 0 Å². The van der Waals surface area contributed by atoms with Gasteiger partial charge in [0.25, 0.3) is 0 Å². The van der Waals surface area contributed by atoms with E-state index in [0.717, 1.165) is 10.1 Å². The van der Waals surface area contributed by atoms with E-state index in [-0.39, 0.29) is 0 Å². The van der Waals surface area contributed by atoms with Gasteiger partial charge in [0, 0.05) is 12.6 Å². The number of allylic oxidation sites excluding steroid dienone is 1. The SMILES string of the molecule is CC1=C(I)N=CC1. The number of aliphatic imine (C=N–C) groups is 1. The van der Waals surface area contributed by atoms with E-state index >= 15 is 0 Å². The fourth-order valence-electron chi connectivity index (χ4n) is 0.457. The largest absolute Gasteiger partial charge is 0.254 e. The van der Waals surface area contributed by atoms with Crippen molar-refractivity contribution in [3.63, 3.8) is 0 Å². The Morgan fingerprint density at radius 2 is 2.57 bits per heavy atom. The van der Waals surface area contributed by atoms with Crippen LogP contribution in [-0.4, -0.2) is 6.21 Å². The third kappa shape index (κ3) is 1.02. The van der Waals surface area contributed by atoms with Crippen molar-refractivity contribution in [2.75, 3.05) is 0 Å². The first kappa shape index (κ1) is 5.28. The molecule has 0 saturated carbocycles. The second-order valence-electron chi connectivity index (χ2n) is 1.59. The minimum atomic E-state index is 1.05. The van der Waals surface area contributed by atoms with Crippen LogP contribution in [0.1, 0.15) is 13.3 Å². The van der Waals surface area contributed by atoms with Gasteiger partial charge in [-0.3, -0.25) is 4.99 Å². The summed E-state index contributed by atoms with van der Waals surface area (Å²) in [6, 6.07) is 0. The molecule has 0 atom stereocenters. The fourth-order valence-corrected chi connectivity index (χ4v) is 0.874. The Bertz CT molecular complexity index is 135. The lowest BCUT2D eigenvalue weighted by molar-refractivity contribution is 1.31. The Balaban J connectivity index is 2.79. The summed E-state index contributed by atoms with van der Waals surface area (Å²) in [4.78, 5) is 4.06. The molecule has 0 fully saturated rings. The van der Waals surface area contributed by atoms with Crippen LogP contribution in [0.5, 0.6) is 0 Å². The molecule has 0 spiro atoms. The highest BCUT2D eigenvalue weighted by molar-refractivity contribution is 14.1. The summed E-state index contributed by atoms with van der Waals surface area (Å²) < 4.78 is 1.16. The Morgan fingerprint density at radius 1 is 1.86 bits per heavy atom. The van der Waals surface area contributed by atoms with Gasteiger partial charge < -0.3 is 0 Å². The van der Waals surface area contributed by atoms with Crippen LogP contribution >= 0.6 is 22.6 Å². The van der Waals surface area contributed by atoms with Crippen molar-refractivity contribution in [1.82, 2.24) is 0 Å². The molecule has 0 aromatic heterocycles. The minimum Gasteiger partial charge on any atom is -0.254 e. The molecule has 2 heteroatoms. The quantitative estimate of drug-likeness (QED) is 0.426. The Labute approximate surface area is 56.7 Å². The van der Waals surface area contributed by atoms with Gasteiger partial charge in [-0.05, 0) is 35.1 Å². The monoisotopic (exact) mass is 207 g/mol. The lowest BCUT2D eigenvalue weighted by atomic mass is 10.3. The maximum atomic E-state index is 4.06. The molecule has 1 aliphatic rings. The van der Waals surface area contributed by atoms with Gasteiger partial charge in [0.15, 0.2) is 0 Å². The Morgan fingerprint density at radius 3 is 2.71 bits per heavy atom. The standard InChI is InChI=1S/C5H6IN/c1-4-2-3-7-5(4)6/h3H,2H2,1H3. The minimum absolute atomic E-state index is 1.05. The number of hydrogen-bond donors (Lipinski definition) is 0. The normalized spacial score (nSPS) is 19.1. The molecule has 0 radical (unpaired) electrons. The van der Waals surface area contributed by atoms with E-state index in [1.54, 1.807) is 0 Å². The molecule has 0 aliphatic carbocycles. The summed E-state index contributed by atoms with van der Waals surface area (Å²) in [5, 5.41) is 0. The summed E-state index contributed by atoms with van der Waals surface area (Å²) in [5.74, 6) is 0. The van der Waals surface area contributed by atoms with E-state index < -0.39 is 0 Å². The van der Waals surface area contributed by atoms with Gasteiger partial charge in [-0.15, -0.1) is 0 Å². The second kappa shape index (κ2) is 1.94. The topological polar surface area (TPSA) is 12.4 Å². The summed E-state index contributed by atoms with van der Waals surface area (Å²) >= 11 is 2.24. The molecule has 38 valence electrons. The zero-order valence-electron chi connectivity index (χ0n) is 4.11. The molecule has 7 heavy (non-hydrogen) atoms. The summed E-state index contributed by atoms with van der Waals surface area (Å²) in [6.45, 7) is 2.11. The number of hydrogen-bond acceptors (Lipinski definition) is 1. The van der Waals surface area contributed by atoms with Crippen molar-refractivity contribution in [2.24, 2.45) is 4.99 Å². The zero-order valence-corrected chi connectivity index (χ0v) is 6.27. The van der Waals surface area contributed by atoms with E-state index in [0.29, 0.717) is 0 Å². The number of nitrogens with zero attached hydrogens (tertiary/aromatic N) is 1. The highest BCUT2D eigenvalue weighted by atomic mass is 127. The van der Waals surface area contributed by atoms with Crippen LogP contribution in [0, 0.1) is 0 Å². The van der Waals surface area contributed by atoms with Crippen molar-refractivity contribution in [3.05, 3.63) is 9.28 Å². The lowest BCUT2D eigenvalue weighted by Crippen LogP contribution is -1.67. The third-order valence-electron chi connectivity index (χ3n) is 0.954. The van der Waals surface area contributed by atoms with Gasteiger partial charge in [0.1, 0.15) is 0 Å².